The zero-order valence-electron chi connectivity index (χ0n) is 12.3. The third-order valence-electron chi connectivity index (χ3n) is 3.09. The summed E-state index contributed by atoms with van der Waals surface area (Å²) in [4.78, 5) is 8.80. The van der Waals surface area contributed by atoms with Crippen LogP contribution < -0.4 is 10.5 Å². The van der Waals surface area contributed by atoms with Gasteiger partial charge in [0.15, 0.2) is 0 Å². The van der Waals surface area contributed by atoms with Crippen LogP contribution >= 0.6 is 0 Å². The van der Waals surface area contributed by atoms with Crippen molar-refractivity contribution >= 4 is 0 Å². The van der Waals surface area contributed by atoms with Crippen molar-refractivity contribution in [3.63, 3.8) is 0 Å². The van der Waals surface area contributed by atoms with E-state index in [1.807, 2.05) is 43.8 Å². The number of pyridine rings is 1. The van der Waals surface area contributed by atoms with Crippen LogP contribution in [0, 0.1) is 6.92 Å². The lowest BCUT2D eigenvalue weighted by molar-refractivity contribution is 0.311. The lowest BCUT2D eigenvalue weighted by Gasteiger charge is -2.13. The molecule has 5 nitrogen and oxygen atoms in total. The molecule has 0 bridgehead atoms. The molecular formula is C15H22N4O. The fourth-order valence-corrected chi connectivity index (χ4v) is 2.07. The zero-order chi connectivity index (χ0) is 14.5. The molecule has 0 amide bonds. The van der Waals surface area contributed by atoms with Gasteiger partial charge in [0.2, 0.25) is 0 Å². The molecule has 0 spiro atoms. The first kappa shape index (κ1) is 14.5. The first-order valence-corrected chi connectivity index (χ1v) is 6.87. The largest absolute Gasteiger partial charge is 0.491 e. The van der Waals surface area contributed by atoms with Crippen molar-refractivity contribution in [3.8, 4) is 5.75 Å². The summed E-state index contributed by atoms with van der Waals surface area (Å²) in [5, 5.41) is 0. The van der Waals surface area contributed by atoms with Crippen molar-refractivity contribution in [3.05, 3.63) is 41.7 Å². The number of ether oxygens (including phenoxy) is 1. The summed E-state index contributed by atoms with van der Waals surface area (Å²) in [6.07, 6.45) is 5.23. The Labute approximate surface area is 119 Å². The molecule has 0 aliphatic heterocycles. The molecule has 108 valence electrons. The second-order valence-corrected chi connectivity index (χ2v) is 5.13. The van der Waals surface area contributed by atoms with Gasteiger partial charge in [-0.2, -0.15) is 0 Å². The molecule has 0 aliphatic carbocycles. The molecule has 2 aromatic heterocycles. The van der Waals surface area contributed by atoms with E-state index < -0.39 is 0 Å². The normalized spacial score (nSPS) is 12.4. The van der Waals surface area contributed by atoms with Gasteiger partial charge in [0.25, 0.3) is 0 Å². The number of hydrogen-bond acceptors (Lipinski definition) is 4. The molecule has 2 rings (SSSR count). The minimum atomic E-state index is 0.0705. The average molecular weight is 274 g/mol. The van der Waals surface area contributed by atoms with Gasteiger partial charge in [-0.3, -0.25) is 4.98 Å². The highest BCUT2D eigenvalue weighted by Crippen LogP contribution is 2.18. The van der Waals surface area contributed by atoms with Gasteiger partial charge in [0, 0.05) is 44.0 Å². The van der Waals surface area contributed by atoms with Gasteiger partial charge in [-0.25, -0.2) is 4.98 Å². The van der Waals surface area contributed by atoms with Gasteiger partial charge in [-0.15, -0.1) is 0 Å². The molecule has 0 saturated heterocycles. The number of aromatic nitrogens is 3. The van der Waals surface area contributed by atoms with Crippen LogP contribution in [0.3, 0.4) is 0 Å². The standard InChI is InChI=1S/C15H22N4O/c1-11(16)10-13-14(5-4-12(2)18-13)20-9-6-15-17-7-8-19(15)3/h4-5,7-8,11H,6,9-10,16H2,1-3H3. The number of nitrogens with zero attached hydrogens (tertiary/aromatic N) is 3. The van der Waals surface area contributed by atoms with Gasteiger partial charge >= 0.3 is 0 Å². The molecule has 0 radical (unpaired) electrons. The second-order valence-electron chi connectivity index (χ2n) is 5.13. The highest BCUT2D eigenvalue weighted by molar-refractivity contribution is 5.30. The van der Waals surface area contributed by atoms with Crippen LogP contribution in [0.5, 0.6) is 5.75 Å². The van der Waals surface area contributed by atoms with Gasteiger partial charge < -0.3 is 15.0 Å². The Morgan fingerprint density at radius 3 is 2.85 bits per heavy atom. The molecule has 0 aromatic carbocycles. The van der Waals surface area contributed by atoms with Gasteiger partial charge in [0.1, 0.15) is 11.6 Å². The topological polar surface area (TPSA) is 66.0 Å². The number of imidazole rings is 1. The van der Waals surface area contributed by atoms with Crippen LogP contribution in [0.4, 0.5) is 0 Å². The fourth-order valence-electron chi connectivity index (χ4n) is 2.07. The van der Waals surface area contributed by atoms with E-state index in [2.05, 4.69) is 9.97 Å². The van der Waals surface area contributed by atoms with Crippen LogP contribution in [0.1, 0.15) is 24.1 Å². The molecule has 0 saturated carbocycles. The maximum atomic E-state index is 5.86. The van der Waals surface area contributed by atoms with Crippen molar-refractivity contribution in [1.82, 2.24) is 14.5 Å². The van der Waals surface area contributed by atoms with Crippen LogP contribution in [-0.4, -0.2) is 27.2 Å². The summed E-state index contributed by atoms with van der Waals surface area (Å²) < 4.78 is 7.85. The van der Waals surface area contributed by atoms with Crippen molar-refractivity contribution in [2.45, 2.75) is 32.7 Å². The van der Waals surface area contributed by atoms with Crippen LogP contribution in [0.25, 0.3) is 0 Å². The number of aryl methyl sites for hydroxylation is 2. The number of rotatable bonds is 6. The van der Waals surface area contributed by atoms with E-state index in [-0.39, 0.29) is 6.04 Å². The van der Waals surface area contributed by atoms with Crippen LogP contribution in [-0.2, 0) is 19.9 Å². The minimum absolute atomic E-state index is 0.0705. The van der Waals surface area contributed by atoms with E-state index in [1.54, 1.807) is 6.20 Å². The Morgan fingerprint density at radius 1 is 1.40 bits per heavy atom. The molecule has 5 heteroatoms. The maximum Gasteiger partial charge on any atom is 0.140 e. The predicted molar refractivity (Wildman–Crippen MR) is 78.7 cm³/mol. The quantitative estimate of drug-likeness (QED) is 0.869. The summed E-state index contributed by atoms with van der Waals surface area (Å²) in [7, 11) is 1.98. The highest BCUT2D eigenvalue weighted by Gasteiger charge is 2.09. The molecule has 2 heterocycles. The zero-order valence-corrected chi connectivity index (χ0v) is 12.3. The Balaban J connectivity index is 2.00. The summed E-state index contributed by atoms with van der Waals surface area (Å²) in [6.45, 7) is 4.53. The van der Waals surface area contributed by atoms with Crippen molar-refractivity contribution < 1.29 is 4.74 Å². The minimum Gasteiger partial charge on any atom is -0.491 e. The average Bonchev–Trinajstić information content (AvgIpc) is 2.77. The van der Waals surface area contributed by atoms with Crippen LogP contribution in [0.2, 0.25) is 0 Å². The van der Waals surface area contributed by atoms with E-state index in [4.69, 9.17) is 10.5 Å². The Kier molecular flexibility index (Phi) is 4.74. The van der Waals surface area contributed by atoms with E-state index in [9.17, 15) is 0 Å². The molecule has 1 unspecified atom stereocenters. The molecule has 2 aromatic rings. The van der Waals surface area contributed by atoms with Crippen molar-refractivity contribution in [1.29, 1.82) is 0 Å². The Bertz CT molecular complexity index is 563. The monoisotopic (exact) mass is 274 g/mol. The van der Waals surface area contributed by atoms with E-state index in [0.29, 0.717) is 6.61 Å². The lowest BCUT2D eigenvalue weighted by atomic mass is 10.1. The molecule has 20 heavy (non-hydrogen) atoms. The van der Waals surface area contributed by atoms with Crippen LogP contribution in [0.15, 0.2) is 24.5 Å². The number of nitrogens with two attached hydrogens (primary N) is 1. The molecule has 1 atom stereocenters. The first-order chi connectivity index (χ1) is 9.56. The van der Waals surface area contributed by atoms with Gasteiger partial charge in [-0.05, 0) is 26.0 Å². The smallest absolute Gasteiger partial charge is 0.140 e. The number of hydrogen-bond donors (Lipinski definition) is 1. The van der Waals surface area contributed by atoms with E-state index in [0.717, 1.165) is 35.8 Å². The van der Waals surface area contributed by atoms with Gasteiger partial charge in [-0.1, -0.05) is 0 Å². The third-order valence-corrected chi connectivity index (χ3v) is 3.09. The summed E-state index contributed by atoms with van der Waals surface area (Å²) >= 11 is 0. The predicted octanol–water partition coefficient (Wildman–Crippen LogP) is 1.63. The van der Waals surface area contributed by atoms with Crippen molar-refractivity contribution in [2.75, 3.05) is 6.61 Å². The van der Waals surface area contributed by atoms with E-state index in [1.165, 1.54) is 0 Å². The highest BCUT2D eigenvalue weighted by atomic mass is 16.5. The Morgan fingerprint density at radius 2 is 2.20 bits per heavy atom. The molecule has 0 fully saturated rings. The summed E-state index contributed by atoms with van der Waals surface area (Å²) in [6, 6.07) is 4.00. The second kappa shape index (κ2) is 6.52. The third kappa shape index (κ3) is 3.81. The van der Waals surface area contributed by atoms with Crippen molar-refractivity contribution in [2.24, 2.45) is 12.8 Å². The molecular weight excluding hydrogens is 252 g/mol. The fraction of sp³-hybridized carbons (Fsp3) is 0.467. The summed E-state index contributed by atoms with van der Waals surface area (Å²) in [5.41, 5.74) is 7.77. The first-order valence-electron chi connectivity index (χ1n) is 6.87. The SMILES string of the molecule is Cc1ccc(OCCc2nccn2C)c(CC(C)N)n1. The van der Waals surface area contributed by atoms with Gasteiger partial charge in [0.05, 0.1) is 12.3 Å². The maximum absolute atomic E-state index is 5.86. The molecule has 2 N–H and O–H groups in total. The van der Waals surface area contributed by atoms with E-state index >= 15 is 0 Å². The molecule has 0 aliphatic rings. The Hall–Kier alpha value is -1.88. The summed E-state index contributed by atoms with van der Waals surface area (Å²) in [5.74, 6) is 1.83. The lowest BCUT2D eigenvalue weighted by Crippen LogP contribution is -2.19.